The van der Waals surface area contributed by atoms with Crippen molar-refractivity contribution in [2.75, 3.05) is 40.9 Å². The van der Waals surface area contributed by atoms with Gasteiger partial charge in [-0.05, 0) is 57.8 Å². The summed E-state index contributed by atoms with van der Waals surface area (Å²) in [6.07, 6.45) is 75.7. The summed E-state index contributed by atoms with van der Waals surface area (Å²) in [5.41, 5.74) is 0. The van der Waals surface area contributed by atoms with Crippen LogP contribution in [0.1, 0.15) is 296 Å². The lowest BCUT2D eigenvalue weighted by molar-refractivity contribution is -0.870. The van der Waals surface area contributed by atoms with E-state index in [4.69, 9.17) is 9.05 Å². The molecule has 0 aromatic rings. The molecule has 0 aliphatic rings. The van der Waals surface area contributed by atoms with E-state index in [1.807, 2.05) is 21.1 Å². The van der Waals surface area contributed by atoms with Gasteiger partial charge in [-0.3, -0.25) is 13.8 Å². The van der Waals surface area contributed by atoms with Gasteiger partial charge in [0.05, 0.1) is 39.9 Å². The van der Waals surface area contributed by atoms with E-state index in [0.29, 0.717) is 23.9 Å². The number of hydrogen-bond acceptors (Lipinski definition) is 5. The maximum atomic E-state index is 13.0. The van der Waals surface area contributed by atoms with Crippen molar-refractivity contribution < 1.29 is 32.9 Å². The number of aliphatic hydroxyl groups excluding tert-OH is 1. The number of likely N-dealkylation sites (N-methyl/N-ethyl adjacent to an activating group) is 1. The normalized spacial score (nSPS) is 14.2. The van der Waals surface area contributed by atoms with Crippen LogP contribution in [0.3, 0.4) is 0 Å². The Kier molecular flexibility index (Phi) is 54.6. The molecule has 1 amide bonds. The monoisotopic (exact) mass is 1060 g/mol. The zero-order chi connectivity index (χ0) is 54.2. The molecule has 3 unspecified atom stereocenters. The highest BCUT2D eigenvalue weighted by Gasteiger charge is 2.28. The lowest BCUT2D eigenvalue weighted by Crippen LogP contribution is -2.46. The van der Waals surface area contributed by atoms with Gasteiger partial charge in [0.15, 0.2) is 0 Å². The Balaban J connectivity index is 4.12. The Labute approximate surface area is 460 Å². The van der Waals surface area contributed by atoms with Gasteiger partial charge in [-0.15, -0.1) is 0 Å². The number of allylic oxidation sites excluding steroid dienone is 10. The largest absolute Gasteiger partial charge is 0.472 e. The molecule has 0 aromatic carbocycles. The van der Waals surface area contributed by atoms with E-state index in [1.54, 1.807) is 0 Å². The second kappa shape index (κ2) is 55.9. The fourth-order valence-electron chi connectivity index (χ4n) is 9.37. The molecule has 0 heterocycles. The number of aliphatic hydroxyl groups is 1. The number of quaternary nitrogens is 1. The SMILES string of the molecule is CC/C=C\C/C=C\C/C=C\C/C=C\C/C=C\CCCCCCCCCCCCCC(=O)NC(COP(=O)(O)OCC[N+](C)(C)C)C(O)CCCCCCCCCCCCCCCCCCCCCCCCCCC. The number of nitrogens with zero attached hydrogens (tertiary/aromatic N) is 1. The molecular weight excluding hydrogens is 936 g/mol. The van der Waals surface area contributed by atoms with Gasteiger partial charge in [0.1, 0.15) is 13.2 Å². The molecule has 0 aliphatic carbocycles. The quantitative estimate of drug-likeness (QED) is 0.0243. The minimum absolute atomic E-state index is 0.0728. The van der Waals surface area contributed by atoms with Crippen molar-refractivity contribution in [1.82, 2.24) is 5.32 Å². The predicted octanol–water partition coefficient (Wildman–Crippen LogP) is 19.7. The van der Waals surface area contributed by atoms with Crippen LogP contribution in [0.15, 0.2) is 60.8 Å². The molecule has 0 bridgehead atoms. The minimum Gasteiger partial charge on any atom is -0.391 e. The zero-order valence-corrected chi connectivity index (χ0v) is 50.5. The smallest absolute Gasteiger partial charge is 0.391 e. The van der Waals surface area contributed by atoms with Crippen molar-refractivity contribution in [2.45, 2.75) is 309 Å². The van der Waals surface area contributed by atoms with Crippen LogP contribution in [-0.2, 0) is 18.4 Å². The summed E-state index contributed by atoms with van der Waals surface area (Å²) in [6.45, 7) is 4.81. The van der Waals surface area contributed by atoms with Crippen molar-refractivity contribution in [3.63, 3.8) is 0 Å². The molecule has 434 valence electrons. The second-order valence-electron chi connectivity index (χ2n) is 22.8. The van der Waals surface area contributed by atoms with Crippen molar-refractivity contribution in [2.24, 2.45) is 0 Å². The first-order valence-electron chi connectivity index (χ1n) is 31.7. The molecule has 0 rings (SSSR count). The van der Waals surface area contributed by atoms with E-state index >= 15 is 0 Å². The van der Waals surface area contributed by atoms with E-state index in [2.05, 4.69) is 79.9 Å². The Hall–Kier alpha value is -1.80. The van der Waals surface area contributed by atoms with Crippen LogP contribution in [0.4, 0.5) is 0 Å². The third-order valence-corrected chi connectivity index (χ3v) is 15.3. The number of hydrogen-bond donors (Lipinski definition) is 3. The first kappa shape index (κ1) is 72.2. The first-order chi connectivity index (χ1) is 36.0. The van der Waals surface area contributed by atoms with E-state index in [-0.39, 0.29) is 19.1 Å². The fourth-order valence-corrected chi connectivity index (χ4v) is 10.1. The van der Waals surface area contributed by atoms with Crippen LogP contribution >= 0.6 is 7.82 Å². The lowest BCUT2D eigenvalue weighted by atomic mass is 10.0. The summed E-state index contributed by atoms with van der Waals surface area (Å²) in [4.78, 5) is 23.4. The molecule has 8 nitrogen and oxygen atoms in total. The molecular formula is C65H124N2O6P+. The summed E-state index contributed by atoms with van der Waals surface area (Å²) in [6, 6.07) is -0.766. The van der Waals surface area contributed by atoms with Gasteiger partial charge in [-0.2, -0.15) is 0 Å². The highest BCUT2D eigenvalue weighted by molar-refractivity contribution is 7.47. The van der Waals surface area contributed by atoms with Crippen LogP contribution in [-0.4, -0.2) is 73.4 Å². The molecule has 3 N–H and O–H groups in total. The van der Waals surface area contributed by atoms with Crippen molar-refractivity contribution >= 4 is 13.7 Å². The van der Waals surface area contributed by atoms with Gasteiger partial charge < -0.3 is 19.8 Å². The number of nitrogens with one attached hydrogen (secondary N) is 1. The maximum absolute atomic E-state index is 13.0. The van der Waals surface area contributed by atoms with Gasteiger partial charge in [0, 0.05) is 6.42 Å². The summed E-state index contributed by atoms with van der Waals surface area (Å²) in [5.74, 6) is -0.146. The predicted molar refractivity (Wildman–Crippen MR) is 323 cm³/mol. The van der Waals surface area contributed by atoms with Crippen molar-refractivity contribution in [3.8, 4) is 0 Å². The Bertz CT molecular complexity index is 1390. The molecule has 0 saturated heterocycles. The van der Waals surface area contributed by atoms with Gasteiger partial charge in [-0.1, -0.05) is 293 Å². The Morgan fingerprint density at radius 2 is 0.811 bits per heavy atom. The van der Waals surface area contributed by atoms with E-state index in [0.717, 1.165) is 70.6 Å². The topological polar surface area (TPSA) is 105 Å². The number of unbranched alkanes of at least 4 members (excludes halogenated alkanes) is 35. The van der Waals surface area contributed by atoms with Gasteiger partial charge in [-0.25, -0.2) is 4.57 Å². The van der Waals surface area contributed by atoms with Crippen LogP contribution in [0.25, 0.3) is 0 Å². The number of carbonyl (C=O) groups is 1. The first-order valence-corrected chi connectivity index (χ1v) is 33.1. The standard InChI is InChI=1S/C65H123N2O6P/c1-6-8-10-12-14-16-18-20-22-24-26-28-30-32-33-35-37-39-41-43-45-47-49-51-53-55-57-59-65(69)66-63(62-73-74(70,71)72-61-60-67(3,4)5)64(68)58-56-54-52-50-48-46-44-42-40-38-36-34-31-29-27-25-23-21-19-17-15-13-11-9-7-2/h8,10,14,16,20,22,26,28,32-33,63-64,68H,6-7,9,11-13,15,17-19,21,23-25,27,29-31,34-62H2,1-5H3,(H-,66,69,70,71)/p+1/b10-8-,16-14-,22-20-,28-26-,33-32-. The second-order valence-corrected chi connectivity index (χ2v) is 24.2. The summed E-state index contributed by atoms with van der Waals surface area (Å²) in [7, 11) is 1.62. The van der Waals surface area contributed by atoms with Gasteiger partial charge in [0.2, 0.25) is 5.91 Å². The van der Waals surface area contributed by atoms with Crippen LogP contribution in [0.2, 0.25) is 0 Å². The maximum Gasteiger partial charge on any atom is 0.472 e. The zero-order valence-electron chi connectivity index (χ0n) is 49.6. The van der Waals surface area contributed by atoms with E-state index < -0.39 is 20.0 Å². The molecule has 3 atom stereocenters. The Morgan fingerprint density at radius 1 is 0.473 bits per heavy atom. The molecule has 0 saturated carbocycles. The van der Waals surface area contributed by atoms with E-state index in [1.165, 1.54) is 199 Å². The fraction of sp³-hybridized carbons (Fsp3) is 0.831. The molecule has 74 heavy (non-hydrogen) atoms. The Morgan fingerprint density at radius 3 is 1.19 bits per heavy atom. The van der Waals surface area contributed by atoms with Gasteiger partial charge >= 0.3 is 7.82 Å². The number of amides is 1. The van der Waals surface area contributed by atoms with Crippen LogP contribution in [0.5, 0.6) is 0 Å². The number of carbonyl (C=O) groups excluding carboxylic acids is 1. The van der Waals surface area contributed by atoms with Gasteiger partial charge in [0.25, 0.3) is 0 Å². The highest BCUT2D eigenvalue weighted by atomic mass is 31.2. The molecule has 0 aromatic heterocycles. The third-order valence-electron chi connectivity index (χ3n) is 14.3. The summed E-state index contributed by atoms with van der Waals surface area (Å²) in [5, 5.41) is 14.1. The van der Waals surface area contributed by atoms with Crippen molar-refractivity contribution in [1.29, 1.82) is 0 Å². The lowest BCUT2D eigenvalue weighted by Gasteiger charge is -2.26. The molecule has 0 aliphatic heterocycles. The highest BCUT2D eigenvalue weighted by Crippen LogP contribution is 2.43. The van der Waals surface area contributed by atoms with E-state index in [9.17, 15) is 19.4 Å². The van der Waals surface area contributed by atoms with Crippen LogP contribution in [0, 0.1) is 0 Å². The molecule has 0 radical (unpaired) electrons. The number of phosphoric ester groups is 1. The number of phosphoric acid groups is 1. The average Bonchev–Trinajstić information content (AvgIpc) is 3.36. The summed E-state index contributed by atoms with van der Waals surface area (Å²) < 4.78 is 23.8. The summed E-state index contributed by atoms with van der Waals surface area (Å²) >= 11 is 0. The molecule has 0 fully saturated rings. The van der Waals surface area contributed by atoms with Crippen LogP contribution < -0.4 is 5.32 Å². The molecule has 9 heteroatoms. The minimum atomic E-state index is -4.33. The molecule has 0 spiro atoms. The number of rotatable bonds is 58. The average molecular weight is 1060 g/mol. The third kappa shape index (κ3) is 57.9. The van der Waals surface area contributed by atoms with Crippen molar-refractivity contribution in [3.05, 3.63) is 60.8 Å².